The molecule has 4 aliphatic heterocycles. The number of amides is 1. The van der Waals surface area contributed by atoms with Crippen LogP contribution in [0, 0.1) is 23.7 Å². The number of likely N-dealkylation sites (N-methyl/N-ethyl adjacent to an activating group) is 1. The van der Waals surface area contributed by atoms with Gasteiger partial charge in [0.05, 0.1) is 49.1 Å². The molecule has 1 amide bonds. The van der Waals surface area contributed by atoms with E-state index in [0.29, 0.717) is 17.7 Å². The molecule has 14 nitrogen and oxygen atoms in total. The first-order valence-corrected chi connectivity index (χ1v) is 19.3. The van der Waals surface area contributed by atoms with Crippen LogP contribution in [0.5, 0.6) is 0 Å². The Balaban J connectivity index is 1.72. The van der Waals surface area contributed by atoms with Gasteiger partial charge in [0.25, 0.3) is 5.91 Å². The van der Waals surface area contributed by atoms with Crippen LogP contribution in [-0.4, -0.2) is 131 Å². The number of ether oxygens (including phenoxy) is 5. The maximum atomic E-state index is 14.2. The third-order valence-electron chi connectivity index (χ3n) is 11.9. The number of hydrogen-bond donors (Lipinski definition) is 3. The molecule has 3 N–H and O–H groups in total. The Morgan fingerprint density at radius 2 is 1.67 bits per heavy atom. The minimum absolute atomic E-state index is 0.149. The van der Waals surface area contributed by atoms with E-state index in [-0.39, 0.29) is 43.9 Å². The number of carbonyl (C=O) groups is 2. The van der Waals surface area contributed by atoms with E-state index in [1.54, 1.807) is 52.0 Å². The number of oxime groups is 1. The van der Waals surface area contributed by atoms with Gasteiger partial charge in [0, 0.05) is 29.2 Å². The Bertz CT molecular complexity index is 1520. The van der Waals surface area contributed by atoms with Crippen LogP contribution < -0.4 is 0 Å². The topological polar surface area (TPSA) is 178 Å². The van der Waals surface area contributed by atoms with Gasteiger partial charge in [-0.05, 0) is 67.0 Å². The van der Waals surface area contributed by atoms with E-state index in [1.807, 2.05) is 52.8 Å². The largest absolute Gasteiger partial charge is 0.459 e. The van der Waals surface area contributed by atoms with Gasteiger partial charge in [0.15, 0.2) is 6.29 Å². The number of carbonyl (C=O) groups excluding carboxylic acids is 2. The Morgan fingerprint density at radius 3 is 2.31 bits per heavy atom. The van der Waals surface area contributed by atoms with Crippen molar-refractivity contribution in [1.82, 2.24) is 4.90 Å². The molecule has 1 aromatic rings. The summed E-state index contributed by atoms with van der Waals surface area (Å²) in [4.78, 5) is 40.7. The molecule has 1 aromatic carbocycles. The zero-order valence-corrected chi connectivity index (χ0v) is 33.4. The smallest absolute Gasteiger partial charge is 0.311 e. The van der Waals surface area contributed by atoms with E-state index in [1.165, 1.54) is 0 Å². The van der Waals surface area contributed by atoms with Crippen LogP contribution >= 0.6 is 0 Å². The molecule has 4 aliphatic rings. The van der Waals surface area contributed by atoms with Crippen molar-refractivity contribution in [3.05, 3.63) is 35.9 Å². The zero-order valence-electron chi connectivity index (χ0n) is 33.4. The van der Waals surface area contributed by atoms with Crippen LogP contribution in [0.3, 0.4) is 0 Å². The molecule has 3 saturated heterocycles. The van der Waals surface area contributed by atoms with Gasteiger partial charge in [-0.15, -0.1) is 0 Å². The third-order valence-corrected chi connectivity index (χ3v) is 11.9. The molecule has 0 saturated carbocycles. The van der Waals surface area contributed by atoms with E-state index in [9.17, 15) is 24.9 Å². The highest BCUT2D eigenvalue weighted by Gasteiger charge is 2.53. The summed E-state index contributed by atoms with van der Waals surface area (Å²) in [5.41, 5.74) is -1.84. The predicted molar refractivity (Wildman–Crippen MR) is 200 cm³/mol. The average Bonchev–Trinajstić information content (AvgIpc) is 3.16. The van der Waals surface area contributed by atoms with Gasteiger partial charge in [0.2, 0.25) is 6.10 Å². The molecule has 4 heterocycles. The van der Waals surface area contributed by atoms with Crippen LogP contribution in [0.2, 0.25) is 0 Å². The number of fused-ring (bicyclic) bond motifs is 4. The number of rotatable bonds is 5. The van der Waals surface area contributed by atoms with Crippen molar-refractivity contribution in [2.24, 2.45) is 33.8 Å². The zero-order chi connectivity index (χ0) is 39.7. The van der Waals surface area contributed by atoms with Gasteiger partial charge in [-0.25, -0.2) is 4.99 Å². The quantitative estimate of drug-likeness (QED) is 0.373. The summed E-state index contributed by atoms with van der Waals surface area (Å²) in [6, 6.07) is 8.68. The van der Waals surface area contributed by atoms with Crippen LogP contribution in [-0.2, 0) is 38.1 Å². The van der Waals surface area contributed by atoms with E-state index >= 15 is 0 Å². The lowest BCUT2D eigenvalue weighted by atomic mass is 9.73. The first-order valence-electron chi connectivity index (χ1n) is 19.3. The molecule has 14 heteroatoms. The van der Waals surface area contributed by atoms with Crippen molar-refractivity contribution < 1.29 is 53.4 Å². The lowest BCUT2D eigenvalue weighted by Gasteiger charge is -2.48. The van der Waals surface area contributed by atoms with Gasteiger partial charge in [-0.2, -0.15) is 0 Å². The Labute approximate surface area is 319 Å². The fourth-order valence-corrected chi connectivity index (χ4v) is 8.77. The monoisotopic (exact) mass is 759 g/mol. The average molecular weight is 760 g/mol. The summed E-state index contributed by atoms with van der Waals surface area (Å²) in [6.07, 6.45) is -7.03. The van der Waals surface area contributed by atoms with E-state index < -0.39 is 89.7 Å². The normalized spacial score (nSPS) is 43.9. The molecule has 4 bridgehead atoms. The summed E-state index contributed by atoms with van der Waals surface area (Å²) in [7, 11) is 3.77. The first-order chi connectivity index (χ1) is 25.4. The summed E-state index contributed by atoms with van der Waals surface area (Å²) in [6.45, 7) is 13.9. The van der Waals surface area contributed by atoms with Crippen molar-refractivity contribution >= 4 is 23.3 Å². The second-order valence-electron chi connectivity index (χ2n) is 16.5. The Kier molecular flexibility index (Phi) is 13.4. The van der Waals surface area contributed by atoms with Gasteiger partial charge >= 0.3 is 5.97 Å². The van der Waals surface area contributed by atoms with Crippen LogP contribution in [0.25, 0.3) is 0 Å². The summed E-state index contributed by atoms with van der Waals surface area (Å²) in [5.74, 6) is -4.36. The standard InChI is InChI=1S/C40H61N3O11/c1-11-29-40(8,48)35-23(4)30-21(2)18-39(7,50-20-27(19-49-35)42-54-33(36(46)41-30)26-15-13-12-14-16-26)34(24(5)31(44)25(6)37(47)52-29)53-38-32(45)28(43(9)10)17-22(3)51-38/h12-16,21-25,28-29,31-35,38,44-45,48H,11,17-20H2,1-10H3/b41-30?,42-27-/t21-,22-,23+,24+,25-,28+,29-,31+,32-,33-,34-,35-,38+,39-,40-/m1/s1. The first kappa shape index (κ1) is 42.3. The van der Waals surface area contributed by atoms with E-state index in [0.717, 1.165) is 0 Å². The lowest BCUT2D eigenvalue weighted by Crippen LogP contribution is -2.60. The van der Waals surface area contributed by atoms with E-state index in [2.05, 4.69) is 5.16 Å². The molecule has 0 radical (unpaired) electrons. The number of aliphatic imine (C=N–C) groups is 1. The molecule has 5 rings (SSSR count). The number of benzene rings is 1. The van der Waals surface area contributed by atoms with Crippen LogP contribution in [0.1, 0.15) is 86.3 Å². The highest BCUT2D eigenvalue weighted by Crippen LogP contribution is 2.41. The Morgan fingerprint density at radius 1 is 0.981 bits per heavy atom. The molecule has 0 aromatic heterocycles. The number of aliphatic hydroxyl groups is 3. The maximum absolute atomic E-state index is 14.2. The van der Waals surface area contributed by atoms with Crippen molar-refractivity contribution in [3.63, 3.8) is 0 Å². The number of nitrogens with zero attached hydrogens (tertiary/aromatic N) is 3. The number of cyclic esters (lactones) is 1. The summed E-state index contributed by atoms with van der Waals surface area (Å²) < 4.78 is 32.5. The second-order valence-corrected chi connectivity index (χ2v) is 16.5. The summed E-state index contributed by atoms with van der Waals surface area (Å²) in [5, 5.41) is 40.4. The van der Waals surface area contributed by atoms with Gasteiger partial charge < -0.3 is 48.7 Å². The fourth-order valence-electron chi connectivity index (χ4n) is 8.77. The molecular formula is C40H61N3O11. The van der Waals surface area contributed by atoms with Crippen LogP contribution in [0.15, 0.2) is 40.5 Å². The second kappa shape index (κ2) is 17.1. The molecule has 15 atom stereocenters. The van der Waals surface area contributed by atoms with Crippen molar-refractivity contribution in [2.75, 3.05) is 27.3 Å². The number of aliphatic hydroxyl groups excluding tert-OH is 2. The van der Waals surface area contributed by atoms with Gasteiger partial charge in [-0.1, -0.05) is 63.2 Å². The van der Waals surface area contributed by atoms with Gasteiger partial charge in [0.1, 0.15) is 23.5 Å². The Hall–Kier alpha value is -2.82. The molecule has 302 valence electrons. The molecule has 0 unspecified atom stereocenters. The predicted octanol–water partition coefficient (Wildman–Crippen LogP) is 3.45. The van der Waals surface area contributed by atoms with Crippen molar-refractivity contribution in [1.29, 1.82) is 0 Å². The molecule has 0 aliphatic carbocycles. The highest BCUT2D eigenvalue weighted by molar-refractivity contribution is 6.00. The fraction of sp³-hybridized carbons (Fsp3) is 0.750. The minimum Gasteiger partial charge on any atom is -0.459 e. The molecule has 3 fully saturated rings. The highest BCUT2D eigenvalue weighted by atomic mass is 16.7. The SMILES string of the molecule is CC[C@H]1OC(=O)[C@H](C)[C@@H](O)[C@H](C)[C@@H](O[C@@H]2O[C@H](C)C[C@H](N(C)C)[C@H]2O)[C@@]2(C)C[C@@H](C)C3=NC(=O)[C@@H](c4ccccc4)O/N=C(/CO[C@H]([C@H]3C)[C@]1(C)O)CO2. The third kappa shape index (κ3) is 8.76. The number of hydrogen-bond acceptors (Lipinski definition) is 13. The molecular weight excluding hydrogens is 698 g/mol. The van der Waals surface area contributed by atoms with Crippen molar-refractivity contribution in [2.45, 2.75) is 141 Å². The van der Waals surface area contributed by atoms with Gasteiger partial charge in [-0.3, -0.25) is 9.59 Å². The lowest BCUT2D eigenvalue weighted by molar-refractivity contribution is -0.302. The molecule has 54 heavy (non-hydrogen) atoms. The van der Waals surface area contributed by atoms with Crippen molar-refractivity contribution in [3.8, 4) is 0 Å². The van der Waals surface area contributed by atoms with E-state index in [4.69, 9.17) is 33.5 Å². The summed E-state index contributed by atoms with van der Waals surface area (Å²) >= 11 is 0. The minimum atomic E-state index is -1.79. The molecule has 0 spiro atoms. The van der Waals surface area contributed by atoms with Crippen LogP contribution in [0.4, 0.5) is 0 Å². The number of esters is 1. The maximum Gasteiger partial charge on any atom is 0.311 e.